The van der Waals surface area contributed by atoms with E-state index in [-0.39, 0.29) is 17.4 Å². The molecule has 5 nitrogen and oxygen atoms in total. The van der Waals surface area contributed by atoms with E-state index in [9.17, 15) is 18.3 Å². The molecule has 2 fully saturated rings. The van der Waals surface area contributed by atoms with Gasteiger partial charge in [0.05, 0.1) is 11.5 Å². The fourth-order valence-electron chi connectivity index (χ4n) is 2.89. The van der Waals surface area contributed by atoms with Gasteiger partial charge in [0, 0.05) is 0 Å². The zero-order valence-electron chi connectivity index (χ0n) is 9.81. The minimum Gasteiger partial charge on any atom is -0.480 e. The van der Waals surface area contributed by atoms with Crippen LogP contribution in [0.5, 0.6) is 0 Å². The average Bonchev–Trinajstić information content (AvgIpc) is 2.71. The number of aliphatic carboxylic acids is 1. The molecule has 2 saturated heterocycles. The molecular formula is C11H19NO4S. The van der Waals surface area contributed by atoms with Gasteiger partial charge in [-0.25, -0.2) is 8.42 Å². The van der Waals surface area contributed by atoms with Gasteiger partial charge in [-0.3, -0.25) is 4.79 Å². The maximum absolute atomic E-state index is 11.3. The number of nitrogens with one attached hydrogen (secondary N) is 1. The number of hydrogen-bond acceptors (Lipinski definition) is 4. The lowest BCUT2D eigenvalue weighted by atomic mass is 9.83. The number of carboxylic acids is 1. The lowest BCUT2D eigenvalue weighted by molar-refractivity contribution is -0.145. The SMILES string of the molecule is O=C(O)C1(CC2CCS(=O)(=O)CC2)CCCN1. The van der Waals surface area contributed by atoms with Gasteiger partial charge in [0.2, 0.25) is 0 Å². The van der Waals surface area contributed by atoms with E-state index in [1.54, 1.807) is 0 Å². The first-order valence-electron chi connectivity index (χ1n) is 6.12. The summed E-state index contributed by atoms with van der Waals surface area (Å²) in [6.07, 6.45) is 3.33. The normalized spacial score (nSPS) is 33.6. The van der Waals surface area contributed by atoms with Crippen LogP contribution in [0.3, 0.4) is 0 Å². The fourth-order valence-corrected chi connectivity index (χ4v) is 4.48. The van der Waals surface area contributed by atoms with Crippen molar-refractivity contribution in [3.05, 3.63) is 0 Å². The molecule has 0 radical (unpaired) electrons. The van der Waals surface area contributed by atoms with Crippen LogP contribution in [-0.2, 0) is 14.6 Å². The van der Waals surface area contributed by atoms with Crippen molar-refractivity contribution in [1.29, 1.82) is 0 Å². The van der Waals surface area contributed by atoms with Crippen molar-refractivity contribution in [2.45, 2.75) is 37.6 Å². The Morgan fingerprint density at radius 3 is 2.47 bits per heavy atom. The average molecular weight is 261 g/mol. The number of sulfone groups is 1. The Bertz CT molecular complexity index is 384. The molecule has 1 atom stereocenters. The molecule has 2 rings (SSSR count). The Morgan fingerprint density at radius 2 is 2.00 bits per heavy atom. The smallest absolute Gasteiger partial charge is 0.323 e. The minimum absolute atomic E-state index is 0.216. The van der Waals surface area contributed by atoms with Crippen LogP contribution in [0.25, 0.3) is 0 Å². The van der Waals surface area contributed by atoms with Crippen molar-refractivity contribution in [1.82, 2.24) is 5.32 Å². The molecule has 1 unspecified atom stereocenters. The molecule has 0 aromatic heterocycles. The summed E-state index contributed by atoms with van der Waals surface area (Å²) < 4.78 is 22.6. The summed E-state index contributed by atoms with van der Waals surface area (Å²) in [5.74, 6) is -0.135. The zero-order chi connectivity index (χ0) is 12.5. The maximum atomic E-state index is 11.3. The van der Waals surface area contributed by atoms with Gasteiger partial charge in [-0.1, -0.05) is 0 Å². The second-order valence-corrected chi connectivity index (χ2v) is 7.52. The van der Waals surface area contributed by atoms with E-state index in [1.165, 1.54) is 0 Å². The van der Waals surface area contributed by atoms with E-state index in [0.29, 0.717) is 25.7 Å². The first kappa shape index (κ1) is 12.8. The summed E-state index contributed by atoms with van der Waals surface area (Å²) in [6.45, 7) is 0.747. The summed E-state index contributed by atoms with van der Waals surface area (Å²) in [5, 5.41) is 12.4. The highest BCUT2D eigenvalue weighted by Crippen LogP contribution is 2.32. The molecule has 0 bridgehead atoms. The molecule has 2 heterocycles. The first-order chi connectivity index (χ1) is 7.94. The Morgan fingerprint density at radius 1 is 1.35 bits per heavy atom. The standard InChI is InChI=1S/C11H19NO4S/c13-10(14)11(4-1-5-12-11)8-9-2-6-17(15,16)7-3-9/h9,12H,1-8H2,(H,13,14). The maximum Gasteiger partial charge on any atom is 0.323 e. The van der Waals surface area contributed by atoms with Crippen molar-refractivity contribution >= 4 is 15.8 Å². The number of hydrogen-bond donors (Lipinski definition) is 2. The van der Waals surface area contributed by atoms with Crippen LogP contribution in [0.2, 0.25) is 0 Å². The quantitative estimate of drug-likeness (QED) is 0.768. The molecule has 6 heteroatoms. The third kappa shape index (κ3) is 2.80. The zero-order valence-corrected chi connectivity index (χ0v) is 10.6. The second-order valence-electron chi connectivity index (χ2n) is 5.22. The van der Waals surface area contributed by atoms with E-state index in [2.05, 4.69) is 5.32 Å². The van der Waals surface area contributed by atoms with Gasteiger partial charge in [0.1, 0.15) is 15.4 Å². The minimum atomic E-state index is -2.86. The molecule has 2 N–H and O–H groups in total. The molecule has 0 amide bonds. The molecular weight excluding hydrogens is 242 g/mol. The topological polar surface area (TPSA) is 83.5 Å². The molecule has 0 saturated carbocycles. The van der Waals surface area contributed by atoms with E-state index in [4.69, 9.17) is 0 Å². The van der Waals surface area contributed by atoms with E-state index in [1.807, 2.05) is 0 Å². The van der Waals surface area contributed by atoms with Gasteiger partial charge < -0.3 is 10.4 Å². The van der Waals surface area contributed by atoms with Gasteiger partial charge in [-0.15, -0.1) is 0 Å². The van der Waals surface area contributed by atoms with Crippen LogP contribution in [0, 0.1) is 5.92 Å². The Hall–Kier alpha value is -0.620. The first-order valence-corrected chi connectivity index (χ1v) is 7.95. The van der Waals surface area contributed by atoms with Crippen molar-refractivity contribution in [2.24, 2.45) is 5.92 Å². The second kappa shape index (κ2) is 4.57. The molecule has 0 aromatic carbocycles. The third-order valence-electron chi connectivity index (χ3n) is 3.96. The Balaban J connectivity index is 1.98. The summed E-state index contributed by atoms with van der Waals surface area (Å²) in [7, 11) is -2.86. The van der Waals surface area contributed by atoms with Crippen LogP contribution in [0.15, 0.2) is 0 Å². The van der Waals surface area contributed by atoms with Crippen LogP contribution in [-0.4, -0.2) is 43.1 Å². The number of rotatable bonds is 3. The molecule has 98 valence electrons. The summed E-state index contributed by atoms with van der Waals surface area (Å²) in [4.78, 5) is 11.3. The van der Waals surface area contributed by atoms with E-state index < -0.39 is 21.3 Å². The predicted octanol–water partition coefficient (Wildman–Crippen LogP) is 0.408. The molecule has 2 aliphatic rings. The number of carbonyl (C=O) groups is 1. The molecule has 0 aliphatic carbocycles. The fraction of sp³-hybridized carbons (Fsp3) is 0.909. The van der Waals surface area contributed by atoms with Gasteiger partial charge in [-0.05, 0) is 44.6 Å². The largest absolute Gasteiger partial charge is 0.480 e. The van der Waals surface area contributed by atoms with Gasteiger partial charge in [0.15, 0.2) is 0 Å². The molecule has 0 spiro atoms. The summed E-state index contributed by atoms with van der Waals surface area (Å²) in [6, 6.07) is 0. The monoisotopic (exact) mass is 261 g/mol. The van der Waals surface area contributed by atoms with Crippen molar-refractivity contribution in [3.8, 4) is 0 Å². The predicted molar refractivity (Wildman–Crippen MR) is 63.6 cm³/mol. The van der Waals surface area contributed by atoms with Crippen LogP contribution in [0.1, 0.15) is 32.1 Å². The van der Waals surface area contributed by atoms with Crippen LogP contribution < -0.4 is 5.32 Å². The van der Waals surface area contributed by atoms with E-state index in [0.717, 1.165) is 13.0 Å². The van der Waals surface area contributed by atoms with Gasteiger partial charge in [0.25, 0.3) is 0 Å². The lowest BCUT2D eigenvalue weighted by Gasteiger charge is -2.31. The van der Waals surface area contributed by atoms with Crippen LogP contribution in [0.4, 0.5) is 0 Å². The molecule has 17 heavy (non-hydrogen) atoms. The lowest BCUT2D eigenvalue weighted by Crippen LogP contribution is -2.49. The Kier molecular flexibility index (Phi) is 3.45. The third-order valence-corrected chi connectivity index (χ3v) is 5.68. The van der Waals surface area contributed by atoms with E-state index >= 15 is 0 Å². The number of carboxylic acid groups (broad SMARTS) is 1. The van der Waals surface area contributed by atoms with Crippen LogP contribution >= 0.6 is 0 Å². The van der Waals surface area contributed by atoms with Gasteiger partial charge in [-0.2, -0.15) is 0 Å². The van der Waals surface area contributed by atoms with Crippen molar-refractivity contribution in [2.75, 3.05) is 18.1 Å². The summed E-state index contributed by atoms with van der Waals surface area (Å²) >= 11 is 0. The van der Waals surface area contributed by atoms with Gasteiger partial charge >= 0.3 is 5.97 Å². The summed E-state index contributed by atoms with van der Waals surface area (Å²) in [5.41, 5.74) is -0.800. The van der Waals surface area contributed by atoms with Crippen molar-refractivity contribution < 1.29 is 18.3 Å². The molecule has 0 aromatic rings. The van der Waals surface area contributed by atoms with Crippen molar-refractivity contribution in [3.63, 3.8) is 0 Å². The highest BCUT2D eigenvalue weighted by molar-refractivity contribution is 7.91. The highest BCUT2D eigenvalue weighted by Gasteiger charge is 2.43. The Labute approximate surface area is 102 Å². The molecule has 2 aliphatic heterocycles. The highest BCUT2D eigenvalue weighted by atomic mass is 32.2.